The molecule has 9 heavy (non-hydrogen) atoms. The van der Waals surface area contributed by atoms with Crippen molar-refractivity contribution in [2.45, 2.75) is 9.50 Å². The van der Waals surface area contributed by atoms with Crippen molar-refractivity contribution in [3.05, 3.63) is 0 Å². The van der Waals surface area contributed by atoms with E-state index in [-0.39, 0.29) is 0 Å². The van der Waals surface area contributed by atoms with Gasteiger partial charge in [0, 0.05) is 0 Å². The first-order valence-electron chi connectivity index (χ1n) is 2.28. The summed E-state index contributed by atoms with van der Waals surface area (Å²) in [6.45, 7) is 0. The molecular weight excluding hydrogens is 172 g/mol. The Morgan fingerprint density at radius 2 is 2.11 bits per heavy atom. The Morgan fingerprint density at radius 3 is 2.44 bits per heavy atom. The normalized spacial score (nSPS) is 10.0. The van der Waals surface area contributed by atoms with Gasteiger partial charge < -0.3 is 0 Å². The molecule has 0 spiro atoms. The van der Waals surface area contributed by atoms with Crippen LogP contribution < -0.4 is 0 Å². The van der Waals surface area contributed by atoms with Crippen molar-refractivity contribution in [2.24, 2.45) is 0 Å². The van der Waals surface area contributed by atoms with E-state index in [2.05, 4.69) is 9.36 Å². The van der Waals surface area contributed by atoms with E-state index in [0.717, 1.165) is 9.50 Å². The van der Waals surface area contributed by atoms with Crippen molar-refractivity contribution in [1.82, 2.24) is 9.36 Å². The van der Waals surface area contributed by atoms with Gasteiger partial charge in [-0.1, -0.05) is 23.5 Å². The van der Waals surface area contributed by atoms with Gasteiger partial charge in [0.1, 0.15) is 0 Å². The van der Waals surface area contributed by atoms with E-state index >= 15 is 0 Å². The molecule has 0 aliphatic carbocycles. The van der Waals surface area contributed by atoms with Crippen molar-refractivity contribution in [2.75, 3.05) is 12.5 Å². The molecule has 0 aromatic carbocycles. The van der Waals surface area contributed by atoms with Crippen LogP contribution >= 0.6 is 35.1 Å². The van der Waals surface area contributed by atoms with Crippen LogP contribution in [0.25, 0.3) is 0 Å². The molecule has 0 fully saturated rings. The minimum atomic E-state index is 0.879. The summed E-state index contributed by atoms with van der Waals surface area (Å²) >= 11 is 4.67. The third-order valence-corrected chi connectivity index (χ3v) is 3.09. The van der Waals surface area contributed by atoms with Gasteiger partial charge in [0.15, 0.2) is 4.34 Å². The topological polar surface area (TPSA) is 25.8 Å². The van der Waals surface area contributed by atoms with Gasteiger partial charge >= 0.3 is 0 Å². The highest BCUT2D eigenvalue weighted by Crippen LogP contribution is 2.20. The van der Waals surface area contributed by atoms with Gasteiger partial charge in [0.2, 0.25) is 5.16 Å². The number of nitrogens with zero attached hydrogens (tertiary/aromatic N) is 2. The average molecular weight is 178 g/mol. The fraction of sp³-hybridized carbons (Fsp3) is 0.500. The van der Waals surface area contributed by atoms with E-state index in [9.17, 15) is 0 Å². The Bertz CT molecular complexity index is 167. The number of hydrogen-bond donors (Lipinski definition) is 0. The average Bonchev–Trinajstić information content (AvgIpc) is 2.34. The maximum absolute atomic E-state index is 4.18. The number of thioether (sulfide) groups is 2. The Balaban J connectivity index is 2.74. The first-order chi connectivity index (χ1) is 4.36. The van der Waals surface area contributed by atoms with Gasteiger partial charge in [0.05, 0.1) is 0 Å². The second-order valence-electron chi connectivity index (χ2n) is 1.25. The highest BCUT2D eigenvalue weighted by molar-refractivity contribution is 8.00. The minimum Gasteiger partial charge on any atom is -0.203 e. The molecule has 1 aromatic rings. The van der Waals surface area contributed by atoms with Crippen molar-refractivity contribution in [3.63, 3.8) is 0 Å². The molecule has 0 unspecified atom stereocenters. The minimum absolute atomic E-state index is 0.879. The molecule has 0 amide bonds. The predicted molar refractivity (Wildman–Crippen MR) is 43.5 cm³/mol. The summed E-state index contributed by atoms with van der Waals surface area (Å²) in [5.41, 5.74) is 0. The van der Waals surface area contributed by atoms with Crippen LogP contribution in [-0.2, 0) is 0 Å². The van der Waals surface area contributed by atoms with E-state index in [4.69, 9.17) is 0 Å². The van der Waals surface area contributed by atoms with Crippen LogP contribution in [0.1, 0.15) is 0 Å². The summed E-state index contributed by atoms with van der Waals surface area (Å²) in [5.74, 6) is 0. The number of rotatable bonds is 2. The van der Waals surface area contributed by atoms with Gasteiger partial charge in [-0.25, -0.2) is 4.98 Å². The molecule has 0 radical (unpaired) electrons. The van der Waals surface area contributed by atoms with Crippen LogP contribution in [0.2, 0.25) is 0 Å². The van der Waals surface area contributed by atoms with Gasteiger partial charge in [-0.3, -0.25) is 0 Å². The third kappa shape index (κ3) is 1.84. The highest BCUT2D eigenvalue weighted by Gasteiger charge is 1.98. The molecule has 0 atom stereocenters. The van der Waals surface area contributed by atoms with Crippen molar-refractivity contribution >= 4 is 35.1 Å². The first-order valence-corrected chi connectivity index (χ1v) is 5.51. The molecule has 0 N–H and O–H groups in total. The lowest BCUT2D eigenvalue weighted by molar-refractivity contribution is 1.02. The van der Waals surface area contributed by atoms with Gasteiger partial charge in [-0.2, -0.15) is 4.37 Å². The second-order valence-corrected chi connectivity index (χ2v) is 3.83. The van der Waals surface area contributed by atoms with Crippen LogP contribution in [0.15, 0.2) is 9.50 Å². The van der Waals surface area contributed by atoms with E-state index < -0.39 is 0 Å². The van der Waals surface area contributed by atoms with Crippen LogP contribution in [-0.4, -0.2) is 21.9 Å². The summed E-state index contributed by atoms with van der Waals surface area (Å²) < 4.78 is 5.12. The second kappa shape index (κ2) is 3.43. The molecular formula is C4H6N2S3. The molecule has 2 nitrogen and oxygen atoms in total. The maximum Gasteiger partial charge on any atom is 0.200 e. The third-order valence-electron chi connectivity index (χ3n) is 0.746. The fourth-order valence-electron chi connectivity index (χ4n) is 0.363. The first kappa shape index (κ1) is 7.37. The van der Waals surface area contributed by atoms with E-state index in [1.807, 2.05) is 12.5 Å². The molecule has 1 rings (SSSR count). The molecule has 0 aliphatic rings. The fourth-order valence-corrected chi connectivity index (χ4v) is 1.98. The summed E-state index contributed by atoms with van der Waals surface area (Å²) in [4.78, 5) is 4.18. The quantitative estimate of drug-likeness (QED) is 0.647. The zero-order valence-corrected chi connectivity index (χ0v) is 7.57. The molecule has 0 aliphatic heterocycles. The standard InChI is InChI=1S/C4H6N2S3/c1-7-3-5-4(8-2)9-6-3/h1-2H3. The van der Waals surface area contributed by atoms with Crippen molar-refractivity contribution in [3.8, 4) is 0 Å². The van der Waals surface area contributed by atoms with Crippen molar-refractivity contribution < 1.29 is 0 Å². The summed E-state index contributed by atoms with van der Waals surface area (Å²) in [6, 6.07) is 0. The molecule has 0 bridgehead atoms. The Kier molecular flexibility index (Phi) is 2.81. The van der Waals surface area contributed by atoms with E-state index in [1.54, 1.807) is 23.5 Å². The summed E-state index contributed by atoms with van der Waals surface area (Å²) in [7, 11) is 0. The Labute approximate surface area is 66.6 Å². The molecule has 0 saturated heterocycles. The predicted octanol–water partition coefficient (Wildman–Crippen LogP) is 1.98. The van der Waals surface area contributed by atoms with Crippen LogP contribution in [0.5, 0.6) is 0 Å². The zero-order chi connectivity index (χ0) is 6.69. The van der Waals surface area contributed by atoms with Gasteiger partial charge in [0.25, 0.3) is 0 Å². The van der Waals surface area contributed by atoms with Crippen LogP contribution in [0.3, 0.4) is 0 Å². The van der Waals surface area contributed by atoms with Crippen LogP contribution in [0, 0.1) is 0 Å². The largest absolute Gasteiger partial charge is 0.203 e. The Hall–Kier alpha value is 0.260. The maximum atomic E-state index is 4.18. The monoisotopic (exact) mass is 178 g/mol. The SMILES string of the molecule is CSc1nsc(SC)n1. The lowest BCUT2D eigenvalue weighted by atomic mass is 11.3. The molecule has 5 heteroatoms. The Morgan fingerprint density at radius 1 is 1.33 bits per heavy atom. The van der Waals surface area contributed by atoms with Crippen LogP contribution in [0.4, 0.5) is 0 Å². The van der Waals surface area contributed by atoms with E-state index in [0.29, 0.717) is 0 Å². The summed E-state index contributed by atoms with van der Waals surface area (Å²) in [5, 5.41) is 0.879. The van der Waals surface area contributed by atoms with E-state index in [1.165, 1.54) is 11.5 Å². The number of aromatic nitrogens is 2. The number of hydrogen-bond acceptors (Lipinski definition) is 5. The van der Waals surface area contributed by atoms with Gasteiger partial charge in [-0.05, 0) is 24.0 Å². The molecule has 1 heterocycles. The zero-order valence-electron chi connectivity index (χ0n) is 5.12. The lowest BCUT2D eigenvalue weighted by Crippen LogP contribution is -1.69. The lowest BCUT2D eigenvalue weighted by Gasteiger charge is -1.79. The molecule has 0 saturated carbocycles. The smallest absolute Gasteiger partial charge is 0.200 e. The molecule has 50 valence electrons. The molecule has 1 aromatic heterocycles. The summed E-state index contributed by atoms with van der Waals surface area (Å²) in [6.07, 6.45) is 3.98. The highest BCUT2D eigenvalue weighted by atomic mass is 32.2. The van der Waals surface area contributed by atoms with Crippen molar-refractivity contribution in [1.29, 1.82) is 0 Å². The van der Waals surface area contributed by atoms with Gasteiger partial charge in [-0.15, -0.1) is 0 Å².